The Hall–Kier alpha value is -1.70. The zero-order chi connectivity index (χ0) is 13.3. The average molecular weight is 242 g/mol. The largest absolute Gasteiger partial charge is 0.396 e. The summed E-state index contributed by atoms with van der Waals surface area (Å²) in [5.41, 5.74) is 0. The van der Waals surface area contributed by atoms with Crippen molar-refractivity contribution in [2.45, 2.75) is 39.0 Å². The predicted octanol–water partition coefficient (Wildman–Crippen LogP) is 3.62. The fourth-order valence-electron chi connectivity index (χ4n) is 1.24. The van der Waals surface area contributed by atoms with E-state index in [0.717, 1.165) is 19.3 Å². The van der Waals surface area contributed by atoms with Crippen LogP contribution in [0.3, 0.4) is 0 Å². The van der Waals surface area contributed by atoms with E-state index in [-0.39, 0.29) is 0 Å². The van der Waals surface area contributed by atoms with Gasteiger partial charge >= 0.3 is 0 Å². The first kappa shape index (κ1) is 16.3. The van der Waals surface area contributed by atoms with Gasteiger partial charge in [0.1, 0.15) is 0 Å². The number of hydrogen-bond acceptors (Lipinski definition) is 1. The molecule has 0 fully saturated rings. The van der Waals surface area contributed by atoms with Crippen molar-refractivity contribution in [2.24, 2.45) is 0 Å². The summed E-state index contributed by atoms with van der Waals surface area (Å²) in [6, 6.07) is 0. The number of aliphatic hydroxyl groups is 1. The van der Waals surface area contributed by atoms with Gasteiger partial charge in [0.2, 0.25) is 0 Å². The molecule has 18 heavy (non-hydrogen) atoms. The second kappa shape index (κ2) is 15.3. The molecule has 1 nitrogen and oxygen atoms in total. The molecule has 0 unspecified atom stereocenters. The van der Waals surface area contributed by atoms with Gasteiger partial charge in [0, 0.05) is 6.61 Å². The summed E-state index contributed by atoms with van der Waals surface area (Å²) in [7, 11) is 0. The van der Waals surface area contributed by atoms with Crippen LogP contribution in [0.2, 0.25) is 0 Å². The van der Waals surface area contributed by atoms with E-state index in [4.69, 9.17) is 5.11 Å². The Morgan fingerprint density at radius 3 is 2.33 bits per heavy atom. The highest BCUT2D eigenvalue weighted by molar-refractivity contribution is 5.34. The number of rotatable bonds is 7. The molecule has 96 valence electrons. The Bertz CT molecular complexity index is 377. The molecule has 0 atom stereocenters. The predicted molar refractivity (Wildman–Crippen MR) is 78.8 cm³/mol. The smallest absolute Gasteiger partial charge is 0.0431 e. The molecule has 0 saturated carbocycles. The highest BCUT2D eigenvalue weighted by atomic mass is 16.2. The van der Waals surface area contributed by atoms with Crippen LogP contribution in [0.1, 0.15) is 39.0 Å². The molecule has 1 heteroatoms. The topological polar surface area (TPSA) is 20.2 Å². The van der Waals surface area contributed by atoms with Crippen LogP contribution >= 0.6 is 0 Å². The molecule has 0 aliphatic rings. The Kier molecular flexibility index (Phi) is 13.9. The van der Waals surface area contributed by atoms with Crippen LogP contribution in [-0.4, -0.2) is 11.7 Å². The first-order valence-electron chi connectivity index (χ1n) is 6.46. The zero-order valence-electron chi connectivity index (χ0n) is 11.2. The van der Waals surface area contributed by atoms with E-state index in [1.54, 1.807) is 12.2 Å². The van der Waals surface area contributed by atoms with Gasteiger partial charge in [0.05, 0.1) is 0 Å². The summed E-state index contributed by atoms with van der Waals surface area (Å²) < 4.78 is 0. The van der Waals surface area contributed by atoms with E-state index in [9.17, 15) is 0 Å². The second-order valence-corrected chi connectivity index (χ2v) is 3.75. The average Bonchev–Trinajstić information content (AvgIpc) is 2.39. The Balaban J connectivity index is 3.55. The minimum absolute atomic E-state index is 0.314. The molecule has 0 aromatic rings. The molecular weight excluding hydrogens is 220 g/mol. The van der Waals surface area contributed by atoms with Gasteiger partial charge in [-0.15, -0.1) is 0 Å². The van der Waals surface area contributed by atoms with E-state index in [1.165, 1.54) is 12.8 Å². The van der Waals surface area contributed by atoms with Gasteiger partial charge in [-0.2, -0.15) is 0 Å². The van der Waals surface area contributed by atoms with Gasteiger partial charge in [-0.05, 0) is 50.2 Å². The van der Waals surface area contributed by atoms with E-state index in [2.05, 4.69) is 29.8 Å². The van der Waals surface area contributed by atoms with Crippen molar-refractivity contribution in [3.8, 4) is 23.7 Å². The molecule has 0 saturated heterocycles. The fraction of sp³-hybridized carbons (Fsp3) is 0.412. The SMILES string of the molecule is C/C=C/C#CC#C/C=C/C=C/CCCCCCO. The second-order valence-electron chi connectivity index (χ2n) is 3.75. The van der Waals surface area contributed by atoms with Crippen molar-refractivity contribution in [3.05, 3.63) is 36.5 Å². The summed E-state index contributed by atoms with van der Waals surface area (Å²) in [4.78, 5) is 0. The van der Waals surface area contributed by atoms with E-state index < -0.39 is 0 Å². The van der Waals surface area contributed by atoms with Crippen LogP contribution in [0.4, 0.5) is 0 Å². The lowest BCUT2D eigenvalue weighted by molar-refractivity contribution is 0.282. The molecule has 0 heterocycles. The number of allylic oxidation sites excluding steroid dienone is 6. The van der Waals surface area contributed by atoms with Crippen LogP contribution < -0.4 is 0 Å². The Morgan fingerprint density at radius 2 is 1.61 bits per heavy atom. The number of aliphatic hydroxyl groups excluding tert-OH is 1. The maximum Gasteiger partial charge on any atom is 0.0431 e. The number of unbranched alkanes of at least 4 members (excludes halogenated alkanes) is 4. The summed E-state index contributed by atoms with van der Waals surface area (Å²) in [6.45, 7) is 2.24. The summed E-state index contributed by atoms with van der Waals surface area (Å²) >= 11 is 0. The Labute approximate surface area is 111 Å². The van der Waals surface area contributed by atoms with Gasteiger partial charge in [-0.1, -0.05) is 49.0 Å². The number of hydrogen-bond donors (Lipinski definition) is 1. The summed E-state index contributed by atoms with van der Waals surface area (Å²) in [6.07, 6.45) is 17.0. The Morgan fingerprint density at radius 1 is 0.889 bits per heavy atom. The van der Waals surface area contributed by atoms with Crippen LogP contribution in [0, 0.1) is 23.7 Å². The van der Waals surface area contributed by atoms with Crippen molar-refractivity contribution < 1.29 is 5.11 Å². The molecule has 0 aliphatic carbocycles. The molecule has 0 radical (unpaired) electrons. The van der Waals surface area contributed by atoms with Crippen LogP contribution in [0.5, 0.6) is 0 Å². The lowest BCUT2D eigenvalue weighted by Crippen LogP contribution is -1.82. The van der Waals surface area contributed by atoms with Crippen LogP contribution in [-0.2, 0) is 0 Å². The first-order chi connectivity index (χ1) is 8.91. The molecule has 0 spiro atoms. The van der Waals surface area contributed by atoms with Crippen molar-refractivity contribution >= 4 is 0 Å². The fourth-order valence-corrected chi connectivity index (χ4v) is 1.24. The molecule has 0 bridgehead atoms. The van der Waals surface area contributed by atoms with Gasteiger partial charge in [-0.25, -0.2) is 0 Å². The maximum atomic E-state index is 8.61. The molecule has 1 N–H and O–H groups in total. The molecule has 0 aliphatic heterocycles. The van der Waals surface area contributed by atoms with Crippen molar-refractivity contribution in [3.63, 3.8) is 0 Å². The highest BCUT2D eigenvalue weighted by Crippen LogP contribution is 2.02. The lowest BCUT2D eigenvalue weighted by Gasteiger charge is -1.94. The third-order valence-corrected chi connectivity index (χ3v) is 2.16. The van der Waals surface area contributed by atoms with Gasteiger partial charge in [0.25, 0.3) is 0 Å². The van der Waals surface area contributed by atoms with Crippen molar-refractivity contribution in [1.82, 2.24) is 0 Å². The van der Waals surface area contributed by atoms with E-state index in [1.807, 2.05) is 25.2 Å². The van der Waals surface area contributed by atoms with Gasteiger partial charge < -0.3 is 5.11 Å². The molecule has 0 aromatic carbocycles. The molecule has 0 aromatic heterocycles. The van der Waals surface area contributed by atoms with Crippen LogP contribution in [0.15, 0.2) is 36.5 Å². The van der Waals surface area contributed by atoms with E-state index in [0.29, 0.717) is 6.61 Å². The third-order valence-electron chi connectivity index (χ3n) is 2.16. The van der Waals surface area contributed by atoms with Crippen molar-refractivity contribution in [1.29, 1.82) is 0 Å². The summed E-state index contributed by atoms with van der Waals surface area (Å²) in [5.74, 6) is 11.1. The monoisotopic (exact) mass is 242 g/mol. The lowest BCUT2D eigenvalue weighted by atomic mass is 10.1. The molecular formula is C17H22O. The quantitative estimate of drug-likeness (QED) is 0.410. The zero-order valence-corrected chi connectivity index (χ0v) is 11.2. The molecule has 0 rings (SSSR count). The minimum Gasteiger partial charge on any atom is -0.396 e. The van der Waals surface area contributed by atoms with Crippen molar-refractivity contribution in [2.75, 3.05) is 6.61 Å². The third kappa shape index (κ3) is 14.3. The maximum absolute atomic E-state index is 8.61. The summed E-state index contributed by atoms with van der Waals surface area (Å²) in [5, 5.41) is 8.61. The first-order valence-corrected chi connectivity index (χ1v) is 6.46. The molecule has 0 amide bonds. The van der Waals surface area contributed by atoms with E-state index >= 15 is 0 Å². The highest BCUT2D eigenvalue weighted by Gasteiger charge is 1.85. The van der Waals surface area contributed by atoms with Crippen LogP contribution in [0.25, 0.3) is 0 Å². The standard InChI is InChI=1S/C17H22O/c1-2-3-4-5-6-7-8-9-10-11-12-13-14-15-16-17-18/h2-3,8-11,18H,12-17H2,1H3/b3-2+,9-8+,11-10+. The van der Waals surface area contributed by atoms with Gasteiger partial charge in [-0.3, -0.25) is 0 Å². The van der Waals surface area contributed by atoms with Gasteiger partial charge in [0.15, 0.2) is 0 Å². The minimum atomic E-state index is 0.314. The normalized spacial score (nSPS) is 10.6.